The molecule has 0 amide bonds. The molecule has 88 valence electrons. The van der Waals surface area contributed by atoms with Crippen molar-refractivity contribution in [3.05, 3.63) is 0 Å². The van der Waals surface area contributed by atoms with Crippen LogP contribution in [0.2, 0.25) is 0 Å². The Labute approximate surface area is 123 Å². The van der Waals surface area contributed by atoms with Gasteiger partial charge in [-0.15, -0.1) is 0 Å². The third-order valence-electron chi connectivity index (χ3n) is 2.30. The Morgan fingerprint density at radius 3 is 1.87 bits per heavy atom. The second-order valence-electron chi connectivity index (χ2n) is 3.69. The molecule has 0 aliphatic rings. The molecule has 0 aromatic heterocycles. The molecule has 4 heteroatoms. The molecule has 0 bridgehead atoms. The summed E-state index contributed by atoms with van der Waals surface area (Å²) in [5.74, 6) is -0.692. The number of aliphatic carboxylic acids is 1. The summed E-state index contributed by atoms with van der Waals surface area (Å²) in [5.41, 5.74) is 0. The number of carboxylic acid groups (broad SMARTS) is 1. The number of hydrogen-bond donors (Lipinski definition) is 1. The molecule has 0 unspecified atom stereocenters. The third kappa shape index (κ3) is 12.6. The number of rotatable bonds is 9. The quantitative estimate of drug-likeness (QED) is 0.623. The zero-order valence-electron chi connectivity index (χ0n) is 9.46. The minimum absolute atomic E-state index is 0. The van der Waals surface area contributed by atoms with E-state index in [9.17, 15) is 4.79 Å². The Balaban J connectivity index is 0. The van der Waals surface area contributed by atoms with Gasteiger partial charge >= 0.3 is 43.7 Å². The average Bonchev–Trinajstić information content (AvgIpc) is 2.16. The van der Waals surface area contributed by atoms with Crippen LogP contribution in [0.1, 0.15) is 46.0 Å². The molecule has 0 fully saturated rings. The number of carbonyl (C=O) groups is 1. The topological polar surface area (TPSA) is 40.5 Å². The van der Waals surface area contributed by atoms with E-state index in [-0.39, 0.29) is 44.2 Å². The molecular weight excluding hydrogens is 218 g/mol. The third-order valence-corrected chi connectivity index (χ3v) is 2.30. The van der Waals surface area contributed by atoms with Gasteiger partial charge in [-0.3, -0.25) is 4.79 Å². The molecule has 3 nitrogen and oxygen atoms in total. The van der Waals surface area contributed by atoms with Crippen molar-refractivity contribution in [2.24, 2.45) is 0 Å². The summed E-state index contributed by atoms with van der Waals surface area (Å²) in [5, 5.41) is 8.59. The molecule has 0 heterocycles. The van der Waals surface area contributed by atoms with Crippen LogP contribution in [0.25, 0.3) is 0 Å². The molecule has 0 radical (unpaired) electrons. The molecule has 0 atom stereocenters. The van der Waals surface area contributed by atoms with E-state index in [0.29, 0.717) is 6.54 Å². The van der Waals surface area contributed by atoms with E-state index >= 15 is 0 Å². The fourth-order valence-corrected chi connectivity index (χ4v) is 1.35. The second kappa shape index (κ2) is 12.8. The van der Waals surface area contributed by atoms with Crippen LogP contribution >= 0.6 is 0 Å². The van der Waals surface area contributed by atoms with Crippen LogP contribution in [0.4, 0.5) is 0 Å². The Morgan fingerprint density at radius 2 is 1.53 bits per heavy atom. The molecular formula is C11H25CaNO2. The van der Waals surface area contributed by atoms with Crippen molar-refractivity contribution in [2.45, 2.75) is 46.0 Å². The summed E-state index contributed by atoms with van der Waals surface area (Å²) >= 11 is 0. The number of hydrogen-bond acceptors (Lipinski definition) is 2. The predicted molar refractivity (Wildman–Crippen MR) is 67.1 cm³/mol. The molecule has 0 rings (SSSR count). The summed E-state index contributed by atoms with van der Waals surface area (Å²) in [4.78, 5) is 12.7. The van der Waals surface area contributed by atoms with Gasteiger partial charge in [0, 0.05) is 6.54 Å². The van der Waals surface area contributed by atoms with Gasteiger partial charge in [0.2, 0.25) is 0 Å². The maximum absolute atomic E-state index is 10.4. The van der Waals surface area contributed by atoms with Gasteiger partial charge in [0.1, 0.15) is 0 Å². The molecule has 0 aliphatic carbocycles. The Kier molecular flexibility index (Phi) is 15.4. The summed E-state index contributed by atoms with van der Waals surface area (Å²) in [6.07, 6.45) is 4.96. The van der Waals surface area contributed by atoms with Crippen molar-refractivity contribution in [1.29, 1.82) is 0 Å². The SMILES string of the molecule is CCCCN(CCCC)CCC(=O)O.[CaH2]. The van der Waals surface area contributed by atoms with Gasteiger partial charge < -0.3 is 10.0 Å². The van der Waals surface area contributed by atoms with Crippen molar-refractivity contribution in [1.82, 2.24) is 4.90 Å². The first-order chi connectivity index (χ1) is 6.70. The first-order valence-electron chi connectivity index (χ1n) is 5.64. The maximum atomic E-state index is 10.4. The summed E-state index contributed by atoms with van der Waals surface area (Å²) in [7, 11) is 0. The van der Waals surface area contributed by atoms with E-state index < -0.39 is 5.97 Å². The molecule has 0 aromatic rings. The number of carboxylic acids is 1. The van der Waals surface area contributed by atoms with E-state index in [1.54, 1.807) is 0 Å². The molecule has 0 aliphatic heterocycles. The fraction of sp³-hybridized carbons (Fsp3) is 0.909. The molecule has 0 saturated carbocycles. The molecule has 0 aromatic carbocycles. The Hall–Kier alpha value is 0.690. The van der Waals surface area contributed by atoms with Crippen LogP contribution in [0.5, 0.6) is 0 Å². The standard InChI is InChI=1S/C11H23NO2.Ca.2H/c1-3-5-8-12(9-6-4-2)10-7-11(13)14;;;/h3-10H2,1-2H3,(H,13,14);;;. The minimum atomic E-state index is -0.692. The zero-order valence-corrected chi connectivity index (χ0v) is 9.46. The van der Waals surface area contributed by atoms with Crippen LogP contribution in [-0.2, 0) is 4.79 Å². The van der Waals surface area contributed by atoms with Crippen LogP contribution in [0, 0.1) is 0 Å². The van der Waals surface area contributed by atoms with Crippen LogP contribution in [-0.4, -0.2) is 73.3 Å². The van der Waals surface area contributed by atoms with Gasteiger partial charge in [-0.25, -0.2) is 0 Å². The average molecular weight is 243 g/mol. The monoisotopic (exact) mass is 243 g/mol. The zero-order chi connectivity index (χ0) is 10.8. The van der Waals surface area contributed by atoms with Crippen LogP contribution in [0.3, 0.4) is 0 Å². The van der Waals surface area contributed by atoms with Crippen molar-refractivity contribution in [3.63, 3.8) is 0 Å². The van der Waals surface area contributed by atoms with Gasteiger partial charge in [-0.05, 0) is 25.9 Å². The summed E-state index contributed by atoms with van der Waals surface area (Å²) < 4.78 is 0. The molecule has 0 spiro atoms. The number of unbranched alkanes of at least 4 members (excludes halogenated alkanes) is 2. The summed E-state index contributed by atoms with van der Waals surface area (Å²) in [6, 6.07) is 0. The van der Waals surface area contributed by atoms with E-state index in [4.69, 9.17) is 5.11 Å². The van der Waals surface area contributed by atoms with Gasteiger partial charge in [0.05, 0.1) is 6.42 Å². The molecule has 1 N–H and O–H groups in total. The normalized spacial score (nSPS) is 10.1. The first kappa shape index (κ1) is 18.1. The van der Waals surface area contributed by atoms with E-state index in [2.05, 4.69) is 18.7 Å². The van der Waals surface area contributed by atoms with Crippen LogP contribution < -0.4 is 0 Å². The van der Waals surface area contributed by atoms with Gasteiger partial charge in [-0.2, -0.15) is 0 Å². The number of nitrogens with zero attached hydrogens (tertiary/aromatic N) is 1. The molecule has 15 heavy (non-hydrogen) atoms. The van der Waals surface area contributed by atoms with Crippen molar-refractivity contribution >= 4 is 43.7 Å². The van der Waals surface area contributed by atoms with Crippen molar-refractivity contribution in [2.75, 3.05) is 19.6 Å². The van der Waals surface area contributed by atoms with E-state index in [1.165, 1.54) is 25.7 Å². The van der Waals surface area contributed by atoms with E-state index in [0.717, 1.165) is 13.1 Å². The Bertz CT molecular complexity index is 146. The van der Waals surface area contributed by atoms with Gasteiger partial charge in [0.25, 0.3) is 0 Å². The fourth-order valence-electron chi connectivity index (χ4n) is 1.35. The van der Waals surface area contributed by atoms with Crippen LogP contribution in [0.15, 0.2) is 0 Å². The van der Waals surface area contributed by atoms with Crippen molar-refractivity contribution < 1.29 is 9.90 Å². The van der Waals surface area contributed by atoms with Gasteiger partial charge in [-0.1, -0.05) is 26.7 Å². The second-order valence-corrected chi connectivity index (χ2v) is 3.69. The predicted octanol–water partition coefficient (Wildman–Crippen LogP) is 1.45. The summed E-state index contributed by atoms with van der Waals surface area (Å²) in [6.45, 7) is 7.12. The Morgan fingerprint density at radius 1 is 1.07 bits per heavy atom. The van der Waals surface area contributed by atoms with Gasteiger partial charge in [0.15, 0.2) is 0 Å². The van der Waals surface area contributed by atoms with E-state index in [1.807, 2.05) is 0 Å². The first-order valence-corrected chi connectivity index (χ1v) is 5.64. The van der Waals surface area contributed by atoms with Crippen molar-refractivity contribution in [3.8, 4) is 0 Å². The molecule has 0 saturated heterocycles.